The lowest BCUT2D eigenvalue weighted by Crippen LogP contribution is -2.54. The fourth-order valence-corrected chi connectivity index (χ4v) is 11.9. The molecule has 3 aromatic heterocycles. The van der Waals surface area contributed by atoms with Crippen LogP contribution in [0.1, 0.15) is 35.2 Å². The van der Waals surface area contributed by atoms with Crippen molar-refractivity contribution >= 4 is 94.5 Å². The largest absolute Gasteiger partial charge is 0.279 e. The van der Waals surface area contributed by atoms with Crippen molar-refractivity contribution < 1.29 is 0 Å². The van der Waals surface area contributed by atoms with Crippen molar-refractivity contribution in [2.24, 2.45) is 0 Å². The van der Waals surface area contributed by atoms with Crippen molar-refractivity contribution in [2.75, 3.05) is 7.05 Å². The molecule has 3 atom stereocenters. The average molecular weight is 724 g/mol. The molecular formula is C46H33N3S3. The second-order valence-electron chi connectivity index (χ2n) is 13.8. The van der Waals surface area contributed by atoms with Crippen molar-refractivity contribution in [3.63, 3.8) is 0 Å². The molecule has 3 unspecified atom stereocenters. The highest BCUT2D eigenvalue weighted by molar-refractivity contribution is 7.27. The van der Waals surface area contributed by atoms with Crippen molar-refractivity contribution in [3.8, 4) is 11.1 Å². The number of hydrogen-bond donors (Lipinski definition) is 2. The van der Waals surface area contributed by atoms with Gasteiger partial charge in [0.1, 0.15) is 0 Å². The Kier molecular flexibility index (Phi) is 7.12. The first-order chi connectivity index (χ1) is 25.7. The predicted molar refractivity (Wildman–Crippen MR) is 226 cm³/mol. The Labute approximate surface area is 313 Å². The third-order valence-corrected chi connectivity index (χ3v) is 14.4. The molecule has 3 nitrogen and oxygen atoms in total. The molecule has 1 saturated heterocycles. The highest BCUT2D eigenvalue weighted by atomic mass is 32.1. The van der Waals surface area contributed by atoms with Crippen molar-refractivity contribution in [1.82, 2.24) is 15.5 Å². The van der Waals surface area contributed by atoms with Gasteiger partial charge < -0.3 is 0 Å². The Hall–Kier alpha value is -4.92. The minimum absolute atomic E-state index is 0.00380. The zero-order chi connectivity index (χ0) is 34.3. The standard InChI is InChI=1S/C46H33N3S3/c1-49-45(27-11-3-2-4-12-27)47-44(48-46(49)29-21-23-33-31-13-5-7-19-38(31)50-41(33)26-29)36-18-10-17-35-37-25-28(22-24-40(37)52-43(35)36)30-15-9-16-34-32-14-6-8-20-39(32)51-42(30)34/h2-26,44-48H,1H3. The molecule has 1 fully saturated rings. The molecule has 52 heavy (non-hydrogen) atoms. The second-order valence-corrected chi connectivity index (χ2v) is 17.0. The molecule has 1 aliphatic rings. The van der Waals surface area contributed by atoms with Crippen molar-refractivity contribution in [1.29, 1.82) is 0 Å². The fraction of sp³-hybridized carbons (Fsp3) is 0.0870. The first kappa shape index (κ1) is 30.7. The number of thiophene rings is 3. The summed E-state index contributed by atoms with van der Waals surface area (Å²) in [7, 11) is 2.23. The Balaban J connectivity index is 1.03. The third-order valence-electron chi connectivity index (χ3n) is 10.9. The quantitative estimate of drug-likeness (QED) is 0.189. The molecule has 0 radical (unpaired) electrons. The van der Waals surface area contributed by atoms with Crippen LogP contribution in [0.25, 0.3) is 71.6 Å². The van der Waals surface area contributed by atoms with Gasteiger partial charge in [-0.15, -0.1) is 34.0 Å². The van der Waals surface area contributed by atoms with Gasteiger partial charge >= 0.3 is 0 Å². The molecule has 0 bridgehead atoms. The number of nitrogens with one attached hydrogen (secondary N) is 2. The smallest absolute Gasteiger partial charge is 0.0888 e. The molecular weight excluding hydrogens is 691 g/mol. The van der Waals surface area contributed by atoms with Crippen LogP contribution in [0.15, 0.2) is 152 Å². The number of hydrogen-bond acceptors (Lipinski definition) is 6. The minimum atomic E-state index is -0.0620. The van der Waals surface area contributed by atoms with Gasteiger partial charge in [0.15, 0.2) is 0 Å². The van der Waals surface area contributed by atoms with Crippen molar-refractivity contribution in [2.45, 2.75) is 18.5 Å². The summed E-state index contributed by atoms with van der Waals surface area (Å²) in [4.78, 5) is 2.44. The molecule has 2 N–H and O–H groups in total. The normalized spacial score (nSPS) is 18.4. The van der Waals surface area contributed by atoms with E-state index in [1.165, 1.54) is 88.3 Å². The summed E-state index contributed by atoms with van der Waals surface area (Å²) in [6.07, 6.45) is -0.0364. The molecule has 0 amide bonds. The van der Waals surface area contributed by atoms with Gasteiger partial charge in [0.05, 0.1) is 18.5 Å². The van der Waals surface area contributed by atoms with Crippen molar-refractivity contribution in [3.05, 3.63) is 168 Å². The lowest BCUT2D eigenvalue weighted by molar-refractivity contribution is 0.0421. The topological polar surface area (TPSA) is 27.3 Å². The molecule has 10 aromatic rings. The van der Waals surface area contributed by atoms with Gasteiger partial charge in [0.25, 0.3) is 0 Å². The first-order valence-electron chi connectivity index (χ1n) is 17.7. The van der Waals surface area contributed by atoms with Gasteiger partial charge in [-0.2, -0.15) is 0 Å². The van der Waals surface area contributed by atoms with E-state index in [2.05, 4.69) is 174 Å². The van der Waals surface area contributed by atoms with Crippen LogP contribution in [0.5, 0.6) is 0 Å². The lowest BCUT2D eigenvalue weighted by Gasteiger charge is -2.45. The van der Waals surface area contributed by atoms with Gasteiger partial charge in [-0.25, -0.2) is 0 Å². The number of benzene rings is 7. The summed E-state index contributed by atoms with van der Waals surface area (Å²) < 4.78 is 8.00. The van der Waals surface area contributed by atoms with E-state index in [1.54, 1.807) is 0 Å². The van der Waals surface area contributed by atoms with E-state index in [1.807, 2.05) is 34.0 Å². The van der Waals surface area contributed by atoms with E-state index in [-0.39, 0.29) is 18.5 Å². The molecule has 4 heterocycles. The first-order valence-corrected chi connectivity index (χ1v) is 20.2. The fourth-order valence-electron chi connectivity index (χ4n) is 8.33. The van der Waals surface area contributed by atoms with Crippen LogP contribution in [0, 0.1) is 0 Å². The van der Waals surface area contributed by atoms with Gasteiger partial charge in [-0.1, -0.05) is 121 Å². The molecule has 1 aliphatic heterocycles. The second kappa shape index (κ2) is 12.1. The maximum absolute atomic E-state index is 4.07. The Bertz CT molecular complexity index is 2970. The number of nitrogens with zero attached hydrogens (tertiary/aromatic N) is 1. The van der Waals surface area contributed by atoms with E-state index in [9.17, 15) is 0 Å². The van der Waals surface area contributed by atoms with Crippen LogP contribution < -0.4 is 10.6 Å². The average Bonchev–Trinajstić information content (AvgIpc) is 3.89. The maximum Gasteiger partial charge on any atom is 0.0888 e. The lowest BCUT2D eigenvalue weighted by atomic mass is 9.99. The maximum atomic E-state index is 4.07. The Morgan fingerprint density at radius 2 is 1.06 bits per heavy atom. The van der Waals surface area contributed by atoms with Crippen LogP contribution in [0.2, 0.25) is 0 Å². The van der Waals surface area contributed by atoms with Gasteiger partial charge in [-0.3, -0.25) is 15.5 Å². The van der Waals surface area contributed by atoms with E-state index in [4.69, 9.17) is 0 Å². The van der Waals surface area contributed by atoms with Crippen LogP contribution in [-0.2, 0) is 0 Å². The molecule has 0 spiro atoms. The molecule has 6 heteroatoms. The molecule has 7 aromatic carbocycles. The van der Waals surface area contributed by atoms with E-state index in [0.29, 0.717) is 0 Å². The van der Waals surface area contributed by atoms with Gasteiger partial charge in [0, 0.05) is 66.1 Å². The SMILES string of the molecule is CN1C(c2ccccc2)NC(c2cccc3c2sc2ccc(-c4cccc5c4sc4ccccc45)cc23)NC1c1ccc2c(c1)sc1ccccc12. The molecule has 0 aliphatic carbocycles. The molecule has 0 saturated carbocycles. The number of rotatable bonds is 4. The van der Waals surface area contributed by atoms with E-state index in [0.717, 1.165) is 0 Å². The summed E-state index contributed by atoms with van der Waals surface area (Å²) >= 11 is 5.68. The third kappa shape index (κ3) is 4.80. The predicted octanol–water partition coefficient (Wildman–Crippen LogP) is 13.0. The van der Waals surface area contributed by atoms with Gasteiger partial charge in [0.2, 0.25) is 0 Å². The highest BCUT2D eigenvalue weighted by Gasteiger charge is 2.35. The Morgan fingerprint density at radius 3 is 1.88 bits per heavy atom. The summed E-state index contributed by atoms with van der Waals surface area (Å²) in [5.74, 6) is 0. The summed E-state index contributed by atoms with van der Waals surface area (Å²) in [6, 6.07) is 56.1. The summed E-state index contributed by atoms with van der Waals surface area (Å²) in [5, 5.41) is 16.1. The zero-order valence-electron chi connectivity index (χ0n) is 28.3. The molecule has 11 rings (SSSR count). The monoisotopic (exact) mass is 723 g/mol. The Morgan fingerprint density at radius 1 is 0.442 bits per heavy atom. The van der Waals surface area contributed by atoms with Crippen LogP contribution in [-0.4, -0.2) is 11.9 Å². The summed E-state index contributed by atoms with van der Waals surface area (Å²) in [5.41, 5.74) is 6.39. The zero-order valence-corrected chi connectivity index (χ0v) is 30.8. The van der Waals surface area contributed by atoms with Crippen LogP contribution in [0.4, 0.5) is 0 Å². The minimum Gasteiger partial charge on any atom is -0.279 e. The van der Waals surface area contributed by atoms with Gasteiger partial charge in [-0.05, 0) is 59.6 Å². The van der Waals surface area contributed by atoms with E-state index < -0.39 is 0 Å². The summed E-state index contributed by atoms with van der Waals surface area (Å²) in [6.45, 7) is 0. The highest BCUT2D eigenvalue weighted by Crippen LogP contribution is 2.45. The van der Waals surface area contributed by atoms with Crippen LogP contribution >= 0.6 is 34.0 Å². The number of fused-ring (bicyclic) bond motifs is 9. The van der Waals surface area contributed by atoms with E-state index >= 15 is 0 Å². The van der Waals surface area contributed by atoms with Crippen LogP contribution in [0.3, 0.4) is 0 Å². The molecule has 250 valence electrons.